The quantitative estimate of drug-likeness (QED) is 0.313. The highest BCUT2D eigenvalue weighted by atomic mass is 79.9. The molecule has 0 saturated carbocycles. The van der Waals surface area contributed by atoms with Crippen LogP contribution in [-0.2, 0) is 14.3 Å². The maximum absolute atomic E-state index is 10.6. The lowest BCUT2D eigenvalue weighted by Gasteiger charge is -2.09. The molecule has 0 spiro atoms. The van der Waals surface area contributed by atoms with Crippen molar-refractivity contribution in [3.8, 4) is 0 Å². The van der Waals surface area contributed by atoms with Crippen molar-refractivity contribution in [2.24, 2.45) is 5.92 Å². The summed E-state index contributed by atoms with van der Waals surface area (Å²) in [6, 6.07) is 0. The molecule has 0 fully saturated rings. The van der Waals surface area contributed by atoms with Crippen molar-refractivity contribution in [3.05, 3.63) is 23.5 Å². The summed E-state index contributed by atoms with van der Waals surface area (Å²) < 4.78 is 10.2. The number of esters is 1. The van der Waals surface area contributed by atoms with Gasteiger partial charge in [0.2, 0.25) is 0 Å². The fourth-order valence-electron chi connectivity index (χ4n) is 1.21. The molecule has 17 heavy (non-hydrogen) atoms. The van der Waals surface area contributed by atoms with Gasteiger partial charge in [-0.05, 0) is 25.0 Å². The molecule has 0 amide bonds. The third-order valence-electron chi connectivity index (χ3n) is 2.15. The predicted octanol–water partition coefficient (Wildman–Crippen LogP) is 3.45. The Morgan fingerprint density at radius 3 is 2.53 bits per heavy atom. The summed E-state index contributed by atoms with van der Waals surface area (Å²) in [6.07, 6.45) is 4.74. The average molecular weight is 305 g/mol. The van der Waals surface area contributed by atoms with E-state index in [1.54, 1.807) is 7.11 Å². The van der Waals surface area contributed by atoms with Gasteiger partial charge in [-0.2, -0.15) is 0 Å². The van der Waals surface area contributed by atoms with Gasteiger partial charge >= 0.3 is 5.97 Å². The smallest absolute Gasteiger partial charge is 0.302 e. The lowest BCUT2D eigenvalue weighted by atomic mass is 10.1. The Hall–Kier alpha value is -0.770. The molecule has 1 unspecified atom stereocenters. The number of methoxy groups -OCH3 is 1. The zero-order valence-electron chi connectivity index (χ0n) is 11.0. The minimum absolute atomic E-state index is 0.260. The number of halogens is 1. The summed E-state index contributed by atoms with van der Waals surface area (Å²) in [6.45, 7) is 5.84. The van der Waals surface area contributed by atoms with Crippen LogP contribution in [0.4, 0.5) is 0 Å². The van der Waals surface area contributed by atoms with E-state index in [0.717, 1.165) is 23.1 Å². The lowest BCUT2D eigenvalue weighted by molar-refractivity contribution is -0.139. The Morgan fingerprint density at radius 1 is 1.41 bits per heavy atom. The molecule has 3 nitrogen and oxygen atoms in total. The highest BCUT2D eigenvalue weighted by Gasteiger charge is 2.02. The van der Waals surface area contributed by atoms with E-state index in [2.05, 4.69) is 28.9 Å². The minimum Gasteiger partial charge on any atom is -0.501 e. The van der Waals surface area contributed by atoms with E-state index < -0.39 is 0 Å². The first-order valence-electron chi connectivity index (χ1n) is 5.59. The summed E-state index contributed by atoms with van der Waals surface area (Å²) >= 11 is 3.42. The summed E-state index contributed by atoms with van der Waals surface area (Å²) in [7, 11) is 1.67. The number of hydrogen-bond acceptors (Lipinski definition) is 3. The molecule has 0 aromatic rings. The van der Waals surface area contributed by atoms with Gasteiger partial charge in [0.15, 0.2) is 0 Å². The molecule has 0 aromatic heterocycles. The predicted molar refractivity (Wildman–Crippen MR) is 73.1 cm³/mol. The first-order valence-corrected chi connectivity index (χ1v) is 6.71. The monoisotopic (exact) mass is 304 g/mol. The molecule has 0 aliphatic rings. The van der Waals surface area contributed by atoms with Crippen molar-refractivity contribution in [3.63, 3.8) is 0 Å². The standard InChI is InChI=1S/C13H21BrO3/c1-10(5-6-17-12(3)15)7-13(16-4)8-11(2)9-14/h5,8,11H,6-7,9H2,1-4H3. The minimum atomic E-state index is -0.260. The molecule has 0 radical (unpaired) electrons. The van der Waals surface area contributed by atoms with Gasteiger partial charge in [0.25, 0.3) is 0 Å². The normalized spacial score (nSPS) is 14.4. The van der Waals surface area contributed by atoms with E-state index in [1.165, 1.54) is 6.92 Å². The largest absolute Gasteiger partial charge is 0.501 e. The van der Waals surface area contributed by atoms with Crippen LogP contribution in [0.25, 0.3) is 0 Å². The van der Waals surface area contributed by atoms with Gasteiger partial charge in [-0.1, -0.05) is 28.4 Å². The van der Waals surface area contributed by atoms with Gasteiger partial charge in [0, 0.05) is 18.7 Å². The van der Waals surface area contributed by atoms with Crippen LogP contribution >= 0.6 is 15.9 Å². The van der Waals surface area contributed by atoms with Crippen LogP contribution in [0.5, 0.6) is 0 Å². The second-order valence-electron chi connectivity index (χ2n) is 4.00. The van der Waals surface area contributed by atoms with E-state index in [-0.39, 0.29) is 5.97 Å². The van der Waals surface area contributed by atoms with Crippen molar-refractivity contribution in [1.29, 1.82) is 0 Å². The molecule has 0 bridgehead atoms. The van der Waals surface area contributed by atoms with Gasteiger partial charge in [0.1, 0.15) is 6.61 Å². The van der Waals surface area contributed by atoms with Gasteiger partial charge in [-0.25, -0.2) is 0 Å². The number of rotatable bonds is 7. The van der Waals surface area contributed by atoms with Crippen LogP contribution in [0.3, 0.4) is 0 Å². The highest BCUT2D eigenvalue weighted by Crippen LogP contribution is 2.15. The number of ether oxygens (including phenoxy) is 2. The van der Waals surface area contributed by atoms with Gasteiger partial charge < -0.3 is 9.47 Å². The van der Waals surface area contributed by atoms with E-state index in [0.29, 0.717) is 12.5 Å². The summed E-state index contributed by atoms with van der Waals surface area (Å²) in [4.78, 5) is 10.6. The number of hydrogen-bond donors (Lipinski definition) is 0. The van der Waals surface area contributed by atoms with E-state index in [4.69, 9.17) is 9.47 Å². The summed E-state index contributed by atoms with van der Waals surface area (Å²) in [5.74, 6) is 1.12. The molecule has 98 valence electrons. The van der Waals surface area contributed by atoms with E-state index in [9.17, 15) is 4.79 Å². The SMILES string of the molecule is COC(=CC(C)CBr)CC(C)=CCOC(C)=O. The van der Waals surface area contributed by atoms with E-state index >= 15 is 0 Å². The Balaban J connectivity index is 4.27. The van der Waals surface area contributed by atoms with Crippen LogP contribution in [-0.4, -0.2) is 25.0 Å². The average Bonchev–Trinajstić information content (AvgIpc) is 2.27. The molecule has 0 rings (SSSR count). The molecule has 0 aliphatic carbocycles. The van der Waals surface area contributed by atoms with Crippen LogP contribution < -0.4 is 0 Å². The van der Waals surface area contributed by atoms with Crippen molar-refractivity contribution < 1.29 is 14.3 Å². The summed E-state index contributed by atoms with van der Waals surface area (Å²) in [5, 5.41) is 0.913. The summed E-state index contributed by atoms with van der Waals surface area (Å²) in [5.41, 5.74) is 1.13. The number of carbonyl (C=O) groups is 1. The van der Waals surface area contributed by atoms with Gasteiger partial charge in [-0.15, -0.1) is 0 Å². The fraction of sp³-hybridized carbons (Fsp3) is 0.615. The van der Waals surface area contributed by atoms with Crippen LogP contribution in [0.1, 0.15) is 27.2 Å². The molecule has 1 atom stereocenters. The van der Waals surface area contributed by atoms with Gasteiger partial charge in [-0.3, -0.25) is 4.79 Å². The van der Waals surface area contributed by atoms with Crippen molar-refractivity contribution in [1.82, 2.24) is 0 Å². The topological polar surface area (TPSA) is 35.5 Å². The van der Waals surface area contributed by atoms with Crippen LogP contribution in [0.2, 0.25) is 0 Å². The molecular formula is C13H21BrO3. The number of allylic oxidation sites excluding steroid dienone is 2. The third kappa shape index (κ3) is 8.98. The Morgan fingerprint density at radius 2 is 2.06 bits per heavy atom. The zero-order chi connectivity index (χ0) is 13.3. The maximum atomic E-state index is 10.6. The van der Waals surface area contributed by atoms with Crippen LogP contribution in [0, 0.1) is 5.92 Å². The first kappa shape index (κ1) is 16.2. The molecule has 4 heteroatoms. The molecule has 0 saturated heterocycles. The van der Waals surface area contributed by atoms with Gasteiger partial charge in [0.05, 0.1) is 12.9 Å². The lowest BCUT2D eigenvalue weighted by Crippen LogP contribution is -2.00. The van der Waals surface area contributed by atoms with E-state index in [1.807, 2.05) is 13.0 Å². The highest BCUT2D eigenvalue weighted by molar-refractivity contribution is 9.09. The van der Waals surface area contributed by atoms with Crippen molar-refractivity contribution in [2.75, 3.05) is 19.0 Å². The molecular weight excluding hydrogens is 284 g/mol. The maximum Gasteiger partial charge on any atom is 0.302 e. The molecule has 0 heterocycles. The Bertz CT molecular complexity index is 295. The Kier molecular flexibility index (Phi) is 8.86. The third-order valence-corrected chi connectivity index (χ3v) is 3.17. The molecule has 0 aromatic carbocycles. The first-order chi connectivity index (χ1) is 7.99. The van der Waals surface area contributed by atoms with Crippen LogP contribution in [0.15, 0.2) is 23.5 Å². The number of carbonyl (C=O) groups excluding carboxylic acids is 1. The molecule has 0 aliphatic heterocycles. The second kappa shape index (κ2) is 9.28. The van der Waals surface area contributed by atoms with Crippen molar-refractivity contribution in [2.45, 2.75) is 27.2 Å². The number of alkyl halides is 1. The fourth-order valence-corrected chi connectivity index (χ4v) is 1.40. The zero-order valence-corrected chi connectivity index (χ0v) is 12.5. The Labute approximate surface area is 112 Å². The van der Waals surface area contributed by atoms with Crippen molar-refractivity contribution >= 4 is 21.9 Å². The molecule has 0 N–H and O–H groups in total. The second-order valence-corrected chi connectivity index (χ2v) is 4.65.